The highest BCUT2D eigenvalue weighted by Gasteiger charge is 2.08. The average Bonchev–Trinajstić information content (AvgIpc) is 2.99. The Balaban J connectivity index is 1.87. The zero-order valence-electron chi connectivity index (χ0n) is 12.5. The molecule has 0 atom stereocenters. The molecule has 7 heteroatoms. The number of hydrogen-bond acceptors (Lipinski definition) is 3. The van der Waals surface area contributed by atoms with Gasteiger partial charge in [-0.1, -0.05) is 32.7 Å². The fourth-order valence-electron chi connectivity index (χ4n) is 2.07. The van der Waals surface area contributed by atoms with Crippen LogP contribution in [0.4, 0.5) is 0 Å². The normalized spacial score (nSPS) is 11.5. The molecule has 2 aromatic rings. The molecule has 5 nitrogen and oxygen atoms in total. The van der Waals surface area contributed by atoms with Crippen molar-refractivity contribution in [3.8, 4) is 0 Å². The zero-order valence-corrected chi connectivity index (χ0v) is 14.9. The van der Waals surface area contributed by atoms with Crippen molar-refractivity contribution in [3.63, 3.8) is 0 Å². The van der Waals surface area contributed by atoms with E-state index in [1.165, 1.54) is 0 Å². The third-order valence-corrected chi connectivity index (χ3v) is 4.16. The summed E-state index contributed by atoms with van der Waals surface area (Å²) in [6.45, 7) is 1.39. The quantitative estimate of drug-likeness (QED) is 0.633. The van der Waals surface area contributed by atoms with Crippen LogP contribution in [0.25, 0.3) is 0 Å². The Bertz CT molecular complexity index is 630. The molecule has 0 aliphatic carbocycles. The number of rotatable bonds is 5. The summed E-state index contributed by atoms with van der Waals surface area (Å²) < 4.78 is 5.90. The molecule has 0 bridgehead atoms. The molecule has 0 saturated carbocycles. The molecule has 1 heterocycles. The standard InChI is InChI=1S/C15H18BrClN4O/c1-18-15(21(2)10-13-6-8-22-20-13)19-7-5-11-9-12(17)3-4-14(11)16/h3-4,6,8-9H,5,7,10H2,1-2H3,(H,18,19). The average molecular weight is 386 g/mol. The van der Waals surface area contributed by atoms with Crippen molar-refractivity contribution >= 4 is 33.5 Å². The Hall–Kier alpha value is -1.53. The predicted molar refractivity (Wildman–Crippen MR) is 92.2 cm³/mol. The lowest BCUT2D eigenvalue weighted by Gasteiger charge is -2.21. The number of hydrogen-bond donors (Lipinski definition) is 1. The lowest BCUT2D eigenvalue weighted by atomic mass is 10.1. The van der Waals surface area contributed by atoms with E-state index in [9.17, 15) is 0 Å². The van der Waals surface area contributed by atoms with Gasteiger partial charge in [0.15, 0.2) is 5.96 Å². The summed E-state index contributed by atoms with van der Waals surface area (Å²) in [6.07, 6.45) is 2.41. The largest absolute Gasteiger partial charge is 0.364 e. The summed E-state index contributed by atoms with van der Waals surface area (Å²) in [6, 6.07) is 7.64. The van der Waals surface area contributed by atoms with Crippen LogP contribution in [0.1, 0.15) is 11.3 Å². The van der Waals surface area contributed by atoms with E-state index in [0.29, 0.717) is 6.54 Å². The van der Waals surface area contributed by atoms with Gasteiger partial charge in [-0.2, -0.15) is 0 Å². The summed E-state index contributed by atoms with van der Waals surface area (Å²) in [5, 5.41) is 7.97. The minimum Gasteiger partial charge on any atom is -0.364 e. The van der Waals surface area contributed by atoms with E-state index in [1.54, 1.807) is 13.3 Å². The first kappa shape index (κ1) is 16.8. The highest BCUT2D eigenvalue weighted by Crippen LogP contribution is 2.21. The third-order valence-electron chi connectivity index (χ3n) is 3.15. The number of halogens is 2. The molecule has 0 fully saturated rings. The van der Waals surface area contributed by atoms with Crippen LogP contribution in [0.15, 0.2) is 44.5 Å². The number of aliphatic imine (C=N–C) groups is 1. The molecule has 2 rings (SSSR count). The molecule has 1 N–H and O–H groups in total. The van der Waals surface area contributed by atoms with Gasteiger partial charge in [-0.3, -0.25) is 4.99 Å². The maximum atomic E-state index is 6.03. The highest BCUT2D eigenvalue weighted by atomic mass is 79.9. The molecular formula is C15H18BrClN4O. The van der Waals surface area contributed by atoms with Crippen molar-refractivity contribution < 1.29 is 4.52 Å². The van der Waals surface area contributed by atoms with Crippen molar-refractivity contribution in [3.05, 3.63) is 51.3 Å². The maximum Gasteiger partial charge on any atom is 0.193 e. The molecule has 0 aliphatic rings. The van der Waals surface area contributed by atoms with Crippen LogP contribution in [-0.4, -0.2) is 36.7 Å². The Labute approximate surface area is 143 Å². The van der Waals surface area contributed by atoms with Crippen LogP contribution in [0.2, 0.25) is 5.02 Å². The van der Waals surface area contributed by atoms with Crippen LogP contribution >= 0.6 is 27.5 Å². The van der Waals surface area contributed by atoms with Gasteiger partial charge in [0.05, 0.1) is 6.54 Å². The zero-order chi connectivity index (χ0) is 15.9. The van der Waals surface area contributed by atoms with Gasteiger partial charge in [0, 0.05) is 36.2 Å². The van der Waals surface area contributed by atoms with Crippen LogP contribution in [0.5, 0.6) is 0 Å². The number of nitrogens with zero attached hydrogens (tertiary/aromatic N) is 3. The second kappa shape index (κ2) is 8.19. The molecular weight excluding hydrogens is 368 g/mol. The minimum absolute atomic E-state index is 0.636. The topological polar surface area (TPSA) is 53.7 Å². The smallest absolute Gasteiger partial charge is 0.193 e. The van der Waals surface area contributed by atoms with Gasteiger partial charge in [0.1, 0.15) is 12.0 Å². The molecule has 118 valence electrons. The second-order valence-corrected chi connectivity index (χ2v) is 6.10. The number of nitrogens with one attached hydrogen (secondary N) is 1. The molecule has 1 aromatic carbocycles. The van der Waals surface area contributed by atoms with Gasteiger partial charge < -0.3 is 14.7 Å². The van der Waals surface area contributed by atoms with Gasteiger partial charge in [-0.05, 0) is 30.2 Å². The van der Waals surface area contributed by atoms with Gasteiger partial charge in [-0.25, -0.2) is 0 Å². The van der Waals surface area contributed by atoms with Crippen molar-refractivity contribution in [2.45, 2.75) is 13.0 Å². The maximum absolute atomic E-state index is 6.03. The monoisotopic (exact) mass is 384 g/mol. The fraction of sp³-hybridized carbons (Fsp3) is 0.333. The van der Waals surface area contributed by atoms with E-state index in [0.717, 1.165) is 39.7 Å². The van der Waals surface area contributed by atoms with Crippen LogP contribution in [0.3, 0.4) is 0 Å². The van der Waals surface area contributed by atoms with E-state index in [1.807, 2.05) is 36.2 Å². The Morgan fingerprint density at radius 1 is 1.45 bits per heavy atom. The molecule has 0 amide bonds. The Kier molecular flexibility index (Phi) is 6.27. The third kappa shape index (κ3) is 4.74. The summed E-state index contributed by atoms with van der Waals surface area (Å²) in [5.41, 5.74) is 2.03. The summed E-state index contributed by atoms with van der Waals surface area (Å²) in [5.74, 6) is 0.807. The van der Waals surface area contributed by atoms with E-state index in [-0.39, 0.29) is 0 Å². The SMILES string of the molecule is CN=C(NCCc1cc(Cl)ccc1Br)N(C)Cc1ccon1. The van der Waals surface area contributed by atoms with Crippen molar-refractivity contribution in [2.24, 2.45) is 4.99 Å². The lowest BCUT2D eigenvalue weighted by Crippen LogP contribution is -2.39. The molecule has 0 spiro atoms. The van der Waals surface area contributed by atoms with Gasteiger partial charge in [0.2, 0.25) is 0 Å². The van der Waals surface area contributed by atoms with Crippen molar-refractivity contribution in [2.75, 3.05) is 20.6 Å². The first-order valence-electron chi connectivity index (χ1n) is 6.85. The first-order valence-corrected chi connectivity index (χ1v) is 8.02. The van der Waals surface area contributed by atoms with Crippen LogP contribution < -0.4 is 5.32 Å². The van der Waals surface area contributed by atoms with Gasteiger partial charge in [0.25, 0.3) is 0 Å². The van der Waals surface area contributed by atoms with Crippen LogP contribution in [-0.2, 0) is 13.0 Å². The van der Waals surface area contributed by atoms with E-state index >= 15 is 0 Å². The lowest BCUT2D eigenvalue weighted by molar-refractivity contribution is 0.391. The van der Waals surface area contributed by atoms with E-state index in [4.69, 9.17) is 16.1 Å². The molecule has 0 saturated heterocycles. The highest BCUT2D eigenvalue weighted by molar-refractivity contribution is 9.10. The van der Waals surface area contributed by atoms with Crippen molar-refractivity contribution in [1.29, 1.82) is 0 Å². The van der Waals surface area contributed by atoms with Crippen molar-refractivity contribution in [1.82, 2.24) is 15.4 Å². The molecule has 0 radical (unpaired) electrons. The van der Waals surface area contributed by atoms with E-state index in [2.05, 4.69) is 31.4 Å². The summed E-state index contributed by atoms with van der Waals surface area (Å²) >= 11 is 9.56. The minimum atomic E-state index is 0.636. The van der Waals surface area contributed by atoms with Crippen LogP contribution in [0, 0.1) is 0 Å². The Morgan fingerprint density at radius 3 is 2.95 bits per heavy atom. The number of benzene rings is 1. The predicted octanol–water partition coefficient (Wildman–Crippen LogP) is 3.34. The molecule has 0 unspecified atom stereocenters. The summed E-state index contributed by atoms with van der Waals surface area (Å²) in [7, 11) is 3.72. The van der Waals surface area contributed by atoms with E-state index < -0.39 is 0 Å². The molecule has 0 aliphatic heterocycles. The molecule has 22 heavy (non-hydrogen) atoms. The number of aromatic nitrogens is 1. The summed E-state index contributed by atoms with van der Waals surface area (Å²) in [4.78, 5) is 6.27. The van der Waals surface area contributed by atoms with Gasteiger partial charge in [-0.15, -0.1) is 0 Å². The first-order chi connectivity index (χ1) is 10.6. The number of guanidine groups is 1. The second-order valence-electron chi connectivity index (χ2n) is 4.81. The Morgan fingerprint density at radius 2 is 2.27 bits per heavy atom. The fourth-order valence-corrected chi connectivity index (χ4v) is 2.71. The van der Waals surface area contributed by atoms with Gasteiger partial charge >= 0.3 is 0 Å². The molecule has 1 aromatic heterocycles.